The number of hydrogen-bond donors (Lipinski definition) is 2. The molecule has 1 aromatic rings. The zero-order valence-corrected chi connectivity index (χ0v) is 8.96. The Morgan fingerprint density at radius 1 is 1.53 bits per heavy atom. The Kier molecular flexibility index (Phi) is 4.41. The van der Waals surface area contributed by atoms with Gasteiger partial charge in [0.25, 0.3) is 0 Å². The monoisotopic (exact) mass is 240 g/mol. The van der Waals surface area contributed by atoms with Crippen LogP contribution >= 0.6 is 0 Å². The summed E-state index contributed by atoms with van der Waals surface area (Å²) in [6.07, 6.45) is -0.0150. The number of nitro groups is 1. The molecule has 1 aromatic carbocycles. The number of primary amides is 1. The molecule has 1 amide bonds. The Bertz CT molecular complexity index is 433. The van der Waals surface area contributed by atoms with Gasteiger partial charge in [-0.1, -0.05) is 6.07 Å². The van der Waals surface area contributed by atoms with E-state index >= 15 is 0 Å². The fourth-order valence-corrected chi connectivity index (χ4v) is 1.19. The molecule has 0 unspecified atom stereocenters. The summed E-state index contributed by atoms with van der Waals surface area (Å²) in [6.45, 7) is -0.308. The van der Waals surface area contributed by atoms with E-state index in [0.29, 0.717) is 5.56 Å². The van der Waals surface area contributed by atoms with Crippen molar-refractivity contribution in [1.82, 2.24) is 0 Å². The van der Waals surface area contributed by atoms with E-state index in [1.54, 1.807) is 0 Å². The van der Waals surface area contributed by atoms with Crippen molar-refractivity contribution >= 4 is 11.6 Å². The largest absolute Gasteiger partial charge is 0.486 e. The first-order valence-corrected chi connectivity index (χ1v) is 4.84. The Balaban J connectivity index is 2.83. The van der Waals surface area contributed by atoms with E-state index in [1.807, 2.05) is 0 Å². The Labute approximate surface area is 97.0 Å². The van der Waals surface area contributed by atoms with Crippen LogP contribution in [0.1, 0.15) is 12.0 Å². The molecule has 0 saturated carbocycles. The minimum atomic E-state index is -0.612. The van der Waals surface area contributed by atoms with Crippen molar-refractivity contribution in [2.24, 2.45) is 5.73 Å². The summed E-state index contributed by atoms with van der Waals surface area (Å²) in [5, 5.41) is 19.6. The highest BCUT2D eigenvalue weighted by Gasteiger charge is 2.15. The van der Waals surface area contributed by atoms with Gasteiger partial charge < -0.3 is 15.6 Å². The van der Waals surface area contributed by atoms with Gasteiger partial charge >= 0.3 is 5.69 Å². The lowest BCUT2D eigenvalue weighted by Crippen LogP contribution is -2.14. The molecule has 0 saturated heterocycles. The number of ether oxygens (including phenoxy) is 1. The van der Waals surface area contributed by atoms with Crippen molar-refractivity contribution in [2.75, 3.05) is 6.61 Å². The van der Waals surface area contributed by atoms with Crippen molar-refractivity contribution < 1.29 is 19.6 Å². The Hall–Kier alpha value is -2.15. The molecule has 92 valence electrons. The van der Waals surface area contributed by atoms with Gasteiger partial charge in [0.15, 0.2) is 5.75 Å². The molecular formula is C10H12N2O5. The predicted molar refractivity (Wildman–Crippen MR) is 58.3 cm³/mol. The minimum absolute atomic E-state index is 0.0150. The van der Waals surface area contributed by atoms with Crippen molar-refractivity contribution in [3.63, 3.8) is 0 Å². The van der Waals surface area contributed by atoms with E-state index in [-0.39, 0.29) is 31.1 Å². The number of rotatable bonds is 6. The third-order valence-corrected chi connectivity index (χ3v) is 2.01. The molecule has 0 heterocycles. The van der Waals surface area contributed by atoms with E-state index < -0.39 is 10.8 Å². The molecule has 0 spiro atoms. The average molecular weight is 240 g/mol. The number of nitrogens with two attached hydrogens (primary N) is 1. The molecule has 0 fully saturated rings. The summed E-state index contributed by atoms with van der Waals surface area (Å²) >= 11 is 0. The molecule has 0 radical (unpaired) electrons. The molecule has 0 aliphatic heterocycles. The molecule has 0 atom stereocenters. The summed E-state index contributed by atoms with van der Waals surface area (Å²) < 4.78 is 5.08. The van der Waals surface area contributed by atoms with Gasteiger partial charge in [-0.2, -0.15) is 0 Å². The normalized spacial score (nSPS) is 9.94. The van der Waals surface area contributed by atoms with Gasteiger partial charge in [-0.3, -0.25) is 14.9 Å². The highest BCUT2D eigenvalue weighted by molar-refractivity contribution is 5.73. The number of carbonyl (C=O) groups excluding carboxylic acids is 1. The lowest BCUT2D eigenvalue weighted by molar-refractivity contribution is -0.386. The SMILES string of the molecule is NC(=O)CCOc1ccc(CO)cc1[N+](=O)[O-]. The summed E-state index contributed by atoms with van der Waals surface area (Å²) in [6, 6.07) is 4.11. The number of aliphatic hydroxyl groups excluding tert-OH is 1. The van der Waals surface area contributed by atoms with Crippen LogP contribution in [0, 0.1) is 10.1 Å². The first kappa shape index (κ1) is 12.9. The fourth-order valence-electron chi connectivity index (χ4n) is 1.19. The van der Waals surface area contributed by atoms with E-state index in [9.17, 15) is 14.9 Å². The molecular weight excluding hydrogens is 228 g/mol. The van der Waals surface area contributed by atoms with Crippen LogP contribution in [0.15, 0.2) is 18.2 Å². The van der Waals surface area contributed by atoms with Gasteiger partial charge in [0.05, 0.1) is 24.6 Å². The third-order valence-electron chi connectivity index (χ3n) is 2.01. The third kappa shape index (κ3) is 3.72. The second-order valence-corrected chi connectivity index (χ2v) is 3.28. The molecule has 0 aliphatic rings. The van der Waals surface area contributed by atoms with E-state index in [4.69, 9.17) is 15.6 Å². The topological polar surface area (TPSA) is 116 Å². The number of nitrogens with zero attached hydrogens (tertiary/aromatic N) is 1. The van der Waals surface area contributed by atoms with Gasteiger partial charge in [0.1, 0.15) is 0 Å². The van der Waals surface area contributed by atoms with Gasteiger partial charge in [-0.15, -0.1) is 0 Å². The van der Waals surface area contributed by atoms with Crippen LogP contribution in [-0.4, -0.2) is 22.5 Å². The number of benzene rings is 1. The summed E-state index contributed by atoms with van der Waals surface area (Å²) in [7, 11) is 0. The van der Waals surface area contributed by atoms with E-state index in [0.717, 1.165) is 0 Å². The van der Waals surface area contributed by atoms with Crippen LogP contribution in [0.3, 0.4) is 0 Å². The molecule has 7 nitrogen and oxygen atoms in total. The second-order valence-electron chi connectivity index (χ2n) is 3.28. The maximum atomic E-state index is 10.7. The molecule has 3 N–H and O–H groups in total. The van der Waals surface area contributed by atoms with Gasteiger partial charge in [0, 0.05) is 6.07 Å². The fraction of sp³-hybridized carbons (Fsp3) is 0.300. The number of aliphatic hydroxyl groups is 1. The van der Waals surface area contributed by atoms with E-state index in [1.165, 1.54) is 18.2 Å². The summed E-state index contributed by atoms with van der Waals surface area (Å²) in [5.41, 5.74) is 5.08. The number of carbonyl (C=O) groups is 1. The van der Waals surface area contributed by atoms with Crippen LogP contribution in [0.5, 0.6) is 5.75 Å². The molecule has 0 bridgehead atoms. The average Bonchev–Trinajstić information content (AvgIpc) is 2.28. The first-order valence-electron chi connectivity index (χ1n) is 4.84. The number of nitro benzene ring substituents is 1. The van der Waals surface area contributed by atoms with Crippen LogP contribution in [-0.2, 0) is 11.4 Å². The lowest BCUT2D eigenvalue weighted by atomic mass is 10.2. The van der Waals surface area contributed by atoms with Crippen molar-refractivity contribution in [3.05, 3.63) is 33.9 Å². The lowest BCUT2D eigenvalue weighted by Gasteiger charge is -2.06. The summed E-state index contributed by atoms with van der Waals surface area (Å²) in [5.74, 6) is -0.493. The number of amides is 1. The van der Waals surface area contributed by atoms with Crippen LogP contribution in [0.2, 0.25) is 0 Å². The Morgan fingerprint density at radius 3 is 2.76 bits per heavy atom. The first-order chi connectivity index (χ1) is 8.04. The standard InChI is InChI=1S/C10H12N2O5/c11-10(14)3-4-17-9-2-1-7(6-13)5-8(9)12(15)16/h1-2,5,13H,3-4,6H2,(H2,11,14). The molecule has 7 heteroatoms. The smallest absolute Gasteiger partial charge is 0.311 e. The summed E-state index contributed by atoms with van der Waals surface area (Å²) in [4.78, 5) is 20.6. The minimum Gasteiger partial charge on any atom is -0.486 e. The molecule has 0 aromatic heterocycles. The van der Waals surface area contributed by atoms with Gasteiger partial charge in [-0.25, -0.2) is 0 Å². The van der Waals surface area contributed by atoms with Gasteiger partial charge in [-0.05, 0) is 11.6 Å². The van der Waals surface area contributed by atoms with E-state index in [2.05, 4.69) is 0 Å². The quantitative estimate of drug-likeness (QED) is 0.549. The van der Waals surface area contributed by atoms with Gasteiger partial charge in [0.2, 0.25) is 5.91 Å². The zero-order valence-electron chi connectivity index (χ0n) is 8.96. The van der Waals surface area contributed by atoms with Crippen LogP contribution in [0.25, 0.3) is 0 Å². The zero-order chi connectivity index (χ0) is 12.8. The highest BCUT2D eigenvalue weighted by Crippen LogP contribution is 2.28. The maximum absolute atomic E-state index is 10.7. The molecule has 17 heavy (non-hydrogen) atoms. The van der Waals surface area contributed by atoms with Crippen LogP contribution < -0.4 is 10.5 Å². The Morgan fingerprint density at radius 2 is 2.24 bits per heavy atom. The van der Waals surface area contributed by atoms with Crippen molar-refractivity contribution in [2.45, 2.75) is 13.0 Å². The van der Waals surface area contributed by atoms with Crippen molar-refractivity contribution in [1.29, 1.82) is 0 Å². The molecule has 0 aliphatic carbocycles. The highest BCUT2D eigenvalue weighted by atomic mass is 16.6. The van der Waals surface area contributed by atoms with Crippen molar-refractivity contribution in [3.8, 4) is 5.75 Å². The maximum Gasteiger partial charge on any atom is 0.311 e. The molecule has 1 rings (SSSR count). The number of hydrogen-bond acceptors (Lipinski definition) is 5. The second kappa shape index (κ2) is 5.80. The van der Waals surface area contributed by atoms with Crippen LogP contribution in [0.4, 0.5) is 5.69 Å². The predicted octanol–water partition coefficient (Wildman–Crippen LogP) is 0.341.